The number of rotatable bonds is 20. The summed E-state index contributed by atoms with van der Waals surface area (Å²) in [7, 11) is 0. The lowest BCUT2D eigenvalue weighted by atomic mass is 10.1. The summed E-state index contributed by atoms with van der Waals surface area (Å²) in [5.74, 6) is 0.803. The van der Waals surface area contributed by atoms with E-state index in [-0.39, 0.29) is 42.9 Å². The zero-order valence-electron chi connectivity index (χ0n) is 23.2. The number of unbranched alkanes of at least 4 members (excludes halogenated alkanes) is 4. The molecule has 218 valence electrons. The minimum atomic E-state index is -0.700. The molecule has 39 heavy (non-hydrogen) atoms. The van der Waals surface area contributed by atoms with Crippen LogP contribution in [-0.2, 0) is 30.3 Å². The van der Waals surface area contributed by atoms with Gasteiger partial charge in [-0.3, -0.25) is 14.4 Å². The first-order valence-electron chi connectivity index (χ1n) is 14.2. The minimum Gasteiger partial charge on any atom is -0.462 e. The lowest BCUT2D eigenvalue weighted by molar-refractivity contribution is -0.152. The molecule has 0 unspecified atom stereocenters. The molecule has 0 saturated carbocycles. The highest BCUT2D eigenvalue weighted by atomic mass is 32.2. The van der Waals surface area contributed by atoms with E-state index in [0.717, 1.165) is 42.8 Å². The summed E-state index contributed by atoms with van der Waals surface area (Å²) >= 11 is 1.68. The number of likely N-dealkylation sites (tertiary alicyclic amines) is 1. The quantitative estimate of drug-likeness (QED) is 0.131. The van der Waals surface area contributed by atoms with Gasteiger partial charge in [0.2, 0.25) is 5.91 Å². The van der Waals surface area contributed by atoms with Gasteiger partial charge < -0.3 is 19.5 Å². The lowest BCUT2D eigenvalue weighted by Gasteiger charge is -2.22. The van der Waals surface area contributed by atoms with Gasteiger partial charge in [0, 0.05) is 38.0 Å². The van der Waals surface area contributed by atoms with Gasteiger partial charge in [-0.25, -0.2) is 4.39 Å². The number of ether oxygens (including phenoxy) is 2. The molecule has 1 heterocycles. The monoisotopic (exact) mass is 565 g/mol. The predicted octanol–water partition coefficient (Wildman–Crippen LogP) is 5.24. The van der Waals surface area contributed by atoms with Gasteiger partial charge in [0.1, 0.15) is 19.0 Å². The highest BCUT2D eigenvalue weighted by molar-refractivity contribution is 7.99. The van der Waals surface area contributed by atoms with Crippen LogP contribution in [0, 0.1) is 5.82 Å². The molecule has 2 atom stereocenters. The summed E-state index contributed by atoms with van der Waals surface area (Å²) in [5, 5.41) is 10.3. The third-order valence-electron chi connectivity index (χ3n) is 6.53. The van der Waals surface area contributed by atoms with Crippen LogP contribution < -0.4 is 0 Å². The van der Waals surface area contributed by atoms with E-state index < -0.39 is 6.10 Å². The van der Waals surface area contributed by atoms with Crippen LogP contribution >= 0.6 is 11.8 Å². The average molecular weight is 566 g/mol. The first-order chi connectivity index (χ1) is 18.9. The summed E-state index contributed by atoms with van der Waals surface area (Å²) in [4.78, 5) is 37.7. The van der Waals surface area contributed by atoms with Crippen molar-refractivity contribution in [2.24, 2.45) is 0 Å². The Hall–Kier alpha value is -2.39. The third kappa shape index (κ3) is 14.5. The average Bonchev–Trinajstić information content (AvgIpc) is 3.27. The molecule has 1 saturated heterocycles. The van der Waals surface area contributed by atoms with Crippen LogP contribution in [0.5, 0.6) is 0 Å². The Labute approximate surface area is 236 Å². The van der Waals surface area contributed by atoms with Crippen molar-refractivity contribution >= 4 is 29.6 Å². The Kier molecular flexibility index (Phi) is 16.5. The normalized spacial score (nSPS) is 16.1. The SMILES string of the molecule is CCCCCCCC(=O)OCCOC(=O)CCCSCCN1C(=O)CC[C@@H]1/C=C/[C@@H](O)Cc1ccc(F)cc1. The number of thioether (sulfide) groups is 1. The number of hydrogen-bond donors (Lipinski definition) is 1. The fourth-order valence-corrected chi connectivity index (χ4v) is 5.22. The largest absolute Gasteiger partial charge is 0.462 e. The fraction of sp³-hybridized carbons (Fsp3) is 0.633. The number of halogens is 1. The van der Waals surface area contributed by atoms with Gasteiger partial charge >= 0.3 is 11.9 Å². The number of benzene rings is 1. The standard InChI is InChI=1S/C30H44FNO6S/c1-2-3-4-5-6-8-29(35)37-19-20-38-30(36)9-7-21-39-22-18-32-26(15-17-28(32)34)14-16-27(33)23-24-10-12-25(31)13-11-24/h10-14,16,26-27,33H,2-9,15,17-23H2,1H3/b16-14+/t26-,27+/m0/s1. The van der Waals surface area contributed by atoms with Crippen LogP contribution in [0.15, 0.2) is 36.4 Å². The number of carbonyl (C=O) groups excluding carboxylic acids is 3. The Bertz CT molecular complexity index is 894. The van der Waals surface area contributed by atoms with E-state index in [0.29, 0.717) is 38.6 Å². The van der Waals surface area contributed by atoms with Crippen molar-refractivity contribution in [2.75, 3.05) is 31.3 Å². The number of aliphatic hydroxyl groups excluding tert-OH is 1. The first-order valence-corrected chi connectivity index (χ1v) is 15.3. The van der Waals surface area contributed by atoms with Crippen LogP contribution in [0.3, 0.4) is 0 Å². The zero-order valence-corrected chi connectivity index (χ0v) is 24.0. The number of hydrogen-bond acceptors (Lipinski definition) is 7. The van der Waals surface area contributed by atoms with Gasteiger partial charge in [0.05, 0.1) is 12.1 Å². The van der Waals surface area contributed by atoms with E-state index in [1.54, 1.807) is 30.0 Å². The summed E-state index contributed by atoms with van der Waals surface area (Å²) in [6, 6.07) is 6.03. The number of amides is 1. The Balaban J connectivity index is 1.52. The van der Waals surface area contributed by atoms with Crippen LogP contribution in [0.2, 0.25) is 0 Å². The molecule has 1 aromatic carbocycles. The molecule has 0 radical (unpaired) electrons. The molecule has 0 spiro atoms. The second-order valence-corrected chi connectivity index (χ2v) is 11.0. The third-order valence-corrected chi connectivity index (χ3v) is 7.58. The Morgan fingerprint density at radius 1 is 1.05 bits per heavy atom. The molecule has 0 bridgehead atoms. The van der Waals surface area contributed by atoms with Crippen LogP contribution in [0.4, 0.5) is 4.39 Å². The molecule has 1 aliphatic rings. The summed E-state index contributed by atoms with van der Waals surface area (Å²) in [5.41, 5.74) is 0.847. The molecule has 7 nitrogen and oxygen atoms in total. The van der Waals surface area contributed by atoms with Crippen molar-refractivity contribution in [2.45, 2.75) is 89.7 Å². The van der Waals surface area contributed by atoms with Crippen molar-refractivity contribution in [1.29, 1.82) is 0 Å². The Morgan fingerprint density at radius 2 is 1.72 bits per heavy atom. The van der Waals surface area contributed by atoms with Crippen molar-refractivity contribution < 1.29 is 33.4 Å². The van der Waals surface area contributed by atoms with Gasteiger partial charge in [0.25, 0.3) is 0 Å². The van der Waals surface area contributed by atoms with Gasteiger partial charge in [-0.1, -0.05) is 56.9 Å². The lowest BCUT2D eigenvalue weighted by Crippen LogP contribution is -2.34. The smallest absolute Gasteiger partial charge is 0.305 e. The summed E-state index contributed by atoms with van der Waals surface area (Å²) in [6.45, 7) is 2.94. The molecule has 9 heteroatoms. The van der Waals surface area contributed by atoms with E-state index in [4.69, 9.17) is 9.47 Å². The molecule has 0 aliphatic carbocycles. The zero-order chi connectivity index (χ0) is 28.3. The molecular formula is C30H44FNO6S. The maximum absolute atomic E-state index is 13.0. The van der Waals surface area contributed by atoms with Gasteiger partial charge in [-0.05, 0) is 42.7 Å². The van der Waals surface area contributed by atoms with E-state index in [1.165, 1.54) is 25.0 Å². The molecule has 0 aromatic heterocycles. The molecule has 1 aromatic rings. The minimum absolute atomic E-state index is 0.0360. The van der Waals surface area contributed by atoms with Crippen LogP contribution in [0.25, 0.3) is 0 Å². The second-order valence-electron chi connectivity index (χ2n) is 9.80. The number of aliphatic hydroxyl groups is 1. The highest BCUT2D eigenvalue weighted by Crippen LogP contribution is 2.21. The van der Waals surface area contributed by atoms with Gasteiger partial charge in [-0.2, -0.15) is 11.8 Å². The van der Waals surface area contributed by atoms with Crippen molar-refractivity contribution in [3.05, 3.63) is 47.8 Å². The topological polar surface area (TPSA) is 93.1 Å². The van der Waals surface area contributed by atoms with Crippen molar-refractivity contribution in [3.8, 4) is 0 Å². The molecule has 1 fully saturated rings. The molecule has 1 N–H and O–H groups in total. The van der Waals surface area contributed by atoms with Crippen molar-refractivity contribution in [1.82, 2.24) is 4.90 Å². The Morgan fingerprint density at radius 3 is 2.41 bits per heavy atom. The highest BCUT2D eigenvalue weighted by Gasteiger charge is 2.28. The van der Waals surface area contributed by atoms with E-state index in [2.05, 4.69) is 6.92 Å². The van der Waals surface area contributed by atoms with Gasteiger partial charge in [0.15, 0.2) is 0 Å². The summed E-state index contributed by atoms with van der Waals surface area (Å²) in [6.07, 6.45) is 11.3. The molecule has 2 rings (SSSR count). The maximum atomic E-state index is 13.0. The maximum Gasteiger partial charge on any atom is 0.305 e. The van der Waals surface area contributed by atoms with Crippen LogP contribution in [-0.4, -0.2) is 71.3 Å². The van der Waals surface area contributed by atoms with E-state index in [1.807, 2.05) is 11.0 Å². The summed E-state index contributed by atoms with van der Waals surface area (Å²) < 4.78 is 23.3. The first kappa shape index (κ1) is 32.8. The number of esters is 2. The van der Waals surface area contributed by atoms with Crippen molar-refractivity contribution in [3.63, 3.8) is 0 Å². The van der Waals surface area contributed by atoms with Crippen LogP contribution in [0.1, 0.15) is 76.7 Å². The van der Waals surface area contributed by atoms with E-state index >= 15 is 0 Å². The number of nitrogens with zero attached hydrogens (tertiary/aromatic N) is 1. The number of carbonyl (C=O) groups is 3. The predicted molar refractivity (Wildman–Crippen MR) is 152 cm³/mol. The second kappa shape index (κ2) is 19.6. The van der Waals surface area contributed by atoms with Gasteiger partial charge in [-0.15, -0.1) is 0 Å². The molecule has 1 aliphatic heterocycles. The molecular weight excluding hydrogens is 521 g/mol. The van der Waals surface area contributed by atoms with E-state index in [9.17, 15) is 23.9 Å². The molecule has 1 amide bonds. The fourth-order valence-electron chi connectivity index (χ4n) is 4.34.